The Kier molecular flexibility index (Phi) is 2.29. The van der Waals surface area contributed by atoms with Gasteiger partial charge in [-0.3, -0.25) is 4.79 Å². The predicted molar refractivity (Wildman–Crippen MR) is 48.8 cm³/mol. The maximum absolute atomic E-state index is 10.5. The monoisotopic (exact) mass is 164 g/mol. The van der Waals surface area contributed by atoms with Crippen molar-refractivity contribution in [1.82, 2.24) is 0 Å². The SMILES string of the molecule is O=CC1=CC(C2CCCC2)CC1. The van der Waals surface area contributed by atoms with Gasteiger partial charge in [0.25, 0.3) is 0 Å². The maximum atomic E-state index is 10.5. The second kappa shape index (κ2) is 3.42. The second-order valence-electron chi connectivity index (χ2n) is 4.11. The first-order valence-electron chi connectivity index (χ1n) is 5.06. The van der Waals surface area contributed by atoms with Gasteiger partial charge in [0.15, 0.2) is 0 Å². The summed E-state index contributed by atoms with van der Waals surface area (Å²) in [6.07, 6.45) is 11.1. The third-order valence-electron chi connectivity index (χ3n) is 3.35. The molecule has 0 heterocycles. The zero-order valence-corrected chi connectivity index (χ0v) is 7.46. The summed E-state index contributed by atoms with van der Waals surface area (Å²) in [5, 5.41) is 0. The van der Waals surface area contributed by atoms with Gasteiger partial charge in [-0.05, 0) is 43.1 Å². The van der Waals surface area contributed by atoms with Crippen molar-refractivity contribution >= 4 is 6.29 Å². The summed E-state index contributed by atoms with van der Waals surface area (Å²) in [4.78, 5) is 10.5. The van der Waals surface area contributed by atoms with Crippen LogP contribution in [0.1, 0.15) is 38.5 Å². The first-order chi connectivity index (χ1) is 5.90. The first-order valence-corrected chi connectivity index (χ1v) is 5.06. The molecule has 0 aromatic heterocycles. The second-order valence-corrected chi connectivity index (χ2v) is 4.11. The zero-order chi connectivity index (χ0) is 8.39. The van der Waals surface area contributed by atoms with Gasteiger partial charge in [0.1, 0.15) is 6.29 Å². The fraction of sp³-hybridized carbons (Fsp3) is 0.727. The van der Waals surface area contributed by atoms with Crippen LogP contribution in [-0.2, 0) is 4.79 Å². The van der Waals surface area contributed by atoms with E-state index < -0.39 is 0 Å². The highest BCUT2D eigenvalue weighted by Gasteiger charge is 2.26. The minimum absolute atomic E-state index is 0.743. The van der Waals surface area contributed by atoms with Crippen molar-refractivity contribution in [2.45, 2.75) is 38.5 Å². The summed E-state index contributed by atoms with van der Waals surface area (Å²) < 4.78 is 0. The maximum Gasteiger partial charge on any atom is 0.145 e. The topological polar surface area (TPSA) is 17.1 Å². The molecular formula is C11H16O. The number of carbonyl (C=O) groups excluding carboxylic acids is 1. The van der Waals surface area contributed by atoms with Gasteiger partial charge < -0.3 is 0 Å². The molecule has 0 spiro atoms. The van der Waals surface area contributed by atoms with E-state index in [0.29, 0.717) is 0 Å². The van der Waals surface area contributed by atoms with Gasteiger partial charge in [0.05, 0.1) is 0 Å². The van der Waals surface area contributed by atoms with E-state index in [1.54, 1.807) is 0 Å². The fourth-order valence-electron chi connectivity index (χ4n) is 2.63. The molecule has 1 nitrogen and oxygen atoms in total. The van der Waals surface area contributed by atoms with E-state index in [9.17, 15) is 4.79 Å². The molecule has 0 amide bonds. The molecule has 1 saturated carbocycles. The van der Waals surface area contributed by atoms with Crippen LogP contribution in [-0.4, -0.2) is 6.29 Å². The number of rotatable bonds is 2. The Labute approximate surface area is 73.8 Å². The molecule has 0 N–H and O–H groups in total. The largest absolute Gasteiger partial charge is 0.298 e. The molecule has 1 fully saturated rings. The van der Waals surface area contributed by atoms with Crippen molar-refractivity contribution in [3.05, 3.63) is 11.6 Å². The van der Waals surface area contributed by atoms with Gasteiger partial charge in [-0.2, -0.15) is 0 Å². The lowest BCUT2D eigenvalue weighted by molar-refractivity contribution is -0.105. The molecule has 66 valence electrons. The molecule has 2 aliphatic rings. The molecule has 0 saturated heterocycles. The summed E-state index contributed by atoms with van der Waals surface area (Å²) >= 11 is 0. The summed E-state index contributed by atoms with van der Waals surface area (Å²) in [5.74, 6) is 1.65. The lowest BCUT2D eigenvalue weighted by Crippen LogP contribution is -2.05. The Bertz CT molecular complexity index is 199. The van der Waals surface area contributed by atoms with E-state index in [1.165, 1.54) is 32.1 Å². The molecule has 1 atom stereocenters. The lowest BCUT2D eigenvalue weighted by atomic mass is 9.91. The highest BCUT2D eigenvalue weighted by molar-refractivity contribution is 5.73. The van der Waals surface area contributed by atoms with Gasteiger partial charge in [-0.15, -0.1) is 0 Å². The molecule has 0 aromatic carbocycles. The molecule has 0 radical (unpaired) electrons. The molecular weight excluding hydrogens is 148 g/mol. The number of hydrogen-bond acceptors (Lipinski definition) is 1. The van der Waals surface area contributed by atoms with Crippen molar-refractivity contribution in [1.29, 1.82) is 0 Å². The van der Waals surface area contributed by atoms with Crippen LogP contribution in [0.15, 0.2) is 11.6 Å². The van der Waals surface area contributed by atoms with Crippen molar-refractivity contribution in [3.63, 3.8) is 0 Å². The van der Waals surface area contributed by atoms with Gasteiger partial charge in [0.2, 0.25) is 0 Å². The number of hydrogen-bond donors (Lipinski definition) is 0. The van der Waals surface area contributed by atoms with Crippen LogP contribution in [0.5, 0.6) is 0 Å². The molecule has 2 aliphatic carbocycles. The van der Waals surface area contributed by atoms with Crippen LogP contribution >= 0.6 is 0 Å². The minimum Gasteiger partial charge on any atom is -0.298 e. The van der Waals surface area contributed by atoms with E-state index >= 15 is 0 Å². The fourth-order valence-corrected chi connectivity index (χ4v) is 2.63. The van der Waals surface area contributed by atoms with Crippen LogP contribution < -0.4 is 0 Å². The highest BCUT2D eigenvalue weighted by Crippen LogP contribution is 2.38. The van der Waals surface area contributed by atoms with Crippen LogP contribution in [0.4, 0.5) is 0 Å². The Morgan fingerprint density at radius 1 is 1.25 bits per heavy atom. The molecule has 0 bridgehead atoms. The van der Waals surface area contributed by atoms with E-state index in [4.69, 9.17) is 0 Å². The summed E-state index contributed by atoms with van der Waals surface area (Å²) in [7, 11) is 0. The minimum atomic E-state index is 0.743. The van der Waals surface area contributed by atoms with Gasteiger partial charge >= 0.3 is 0 Å². The number of carbonyl (C=O) groups is 1. The highest BCUT2D eigenvalue weighted by atomic mass is 16.1. The molecule has 1 heteroatoms. The van der Waals surface area contributed by atoms with Gasteiger partial charge in [-0.25, -0.2) is 0 Å². The van der Waals surface area contributed by atoms with Crippen LogP contribution in [0.3, 0.4) is 0 Å². The van der Waals surface area contributed by atoms with Crippen molar-refractivity contribution < 1.29 is 4.79 Å². The third-order valence-corrected chi connectivity index (χ3v) is 3.35. The Hall–Kier alpha value is -0.590. The van der Waals surface area contributed by atoms with Crippen molar-refractivity contribution in [2.75, 3.05) is 0 Å². The van der Waals surface area contributed by atoms with Gasteiger partial charge in [0, 0.05) is 0 Å². The summed E-state index contributed by atoms with van der Waals surface area (Å²) in [6, 6.07) is 0. The molecule has 1 unspecified atom stereocenters. The van der Waals surface area contributed by atoms with Crippen LogP contribution in [0, 0.1) is 11.8 Å². The first kappa shape index (κ1) is 8.03. The molecule has 0 aliphatic heterocycles. The van der Waals surface area contributed by atoms with E-state index in [-0.39, 0.29) is 0 Å². The van der Waals surface area contributed by atoms with Crippen molar-refractivity contribution in [2.24, 2.45) is 11.8 Å². The van der Waals surface area contributed by atoms with Crippen LogP contribution in [0.2, 0.25) is 0 Å². The Balaban J connectivity index is 1.97. The van der Waals surface area contributed by atoms with E-state index in [0.717, 1.165) is 30.1 Å². The third kappa shape index (κ3) is 1.45. The molecule has 12 heavy (non-hydrogen) atoms. The van der Waals surface area contributed by atoms with E-state index in [1.807, 2.05) is 0 Å². The Morgan fingerprint density at radius 3 is 2.58 bits per heavy atom. The normalized spacial score (nSPS) is 30.7. The quantitative estimate of drug-likeness (QED) is 0.573. The number of allylic oxidation sites excluding steroid dienone is 2. The predicted octanol–water partition coefficient (Wildman–Crippen LogP) is 2.71. The standard InChI is InChI=1S/C11H16O/c12-8-9-5-6-11(7-9)10-3-1-2-4-10/h7-8,10-11H,1-6H2. The molecule has 2 rings (SSSR count). The van der Waals surface area contributed by atoms with Crippen molar-refractivity contribution in [3.8, 4) is 0 Å². The zero-order valence-electron chi connectivity index (χ0n) is 7.46. The lowest BCUT2D eigenvalue weighted by Gasteiger charge is -2.14. The molecule has 0 aromatic rings. The van der Waals surface area contributed by atoms with Gasteiger partial charge in [-0.1, -0.05) is 18.9 Å². The Morgan fingerprint density at radius 2 is 2.00 bits per heavy atom. The summed E-state index contributed by atoms with van der Waals surface area (Å²) in [5.41, 5.74) is 1.05. The number of aldehydes is 1. The van der Waals surface area contributed by atoms with Crippen LogP contribution in [0.25, 0.3) is 0 Å². The van der Waals surface area contributed by atoms with E-state index in [2.05, 4.69) is 6.08 Å². The average Bonchev–Trinajstić information content (AvgIpc) is 2.75. The average molecular weight is 164 g/mol. The summed E-state index contributed by atoms with van der Waals surface area (Å²) in [6.45, 7) is 0. The smallest absolute Gasteiger partial charge is 0.145 e.